The van der Waals surface area contributed by atoms with Crippen LogP contribution in [-0.4, -0.2) is 102 Å². The Morgan fingerprint density at radius 2 is 1.91 bits per heavy atom. The molecule has 2 fully saturated rings. The number of carbonyl (C=O) groups excluding carboxylic acids is 1. The van der Waals surface area contributed by atoms with Crippen LogP contribution in [0.1, 0.15) is 21.7 Å². The van der Waals surface area contributed by atoms with Gasteiger partial charge in [0.15, 0.2) is 5.69 Å². The Bertz CT molecular complexity index is 599. The lowest BCUT2D eigenvalue weighted by molar-refractivity contribution is 0.0186. The van der Waals surface area contributed by atoms with E-state index in [0.29, 0.717) is 11.7 Å². The number of likely N-dealkylation sites (N-methyl/N-ethyl adjacent to an activating group) is 2. The van der Waals surface area contributed by atoms with Crippen LogP contribution in [0.5, 0.6) is 0 Å². The molecule has 3 aliphatic rings. The lowest BCUT2D eigenvalue weighted by Crippen LogP contribution is -2.62. The number of piperazine rings is 2. The summed E-state index contributed by atoms with van der Waals surface area (Å²) >= 11 is 0. The summed E-state index contributed by atoms with van der Waals surface area (Å²) in [7, 11) is 4.26. The molecule has 0 spiro atoms. The zero-order valence-electron chi connectivity index (χ0n) is 14.1. The first-order chi connectivity index (χ1) is 11.1. The van der Waals surface area contributed by atoms with Crippen molar-refractivity contribution in [1.82, 2.24) is 29.8 Å². The summed E-state index contributed by atoms with van der Waals surface area (Å²) in [5.41, 5.74) is 2.89. The maximum Gasteiger partial charge on any atom is 0.274 e. The van der Waals surface area contributed by atoms with Gasteiger partial charge in [-0.3, -0.25) is 14.8 Å². The largest absolute Gasteiger partial charge is 0.334 e. The third-order valence-electron chi connectivity index (χ3n) is 5.51. The average molecular weight is 318 g/mol. The zero-order chi connectivity index (χ0) is 16.0. The fourth-order valence-corrected chi connectivity index (χ4v) is 4.05. The van der Waals surface area contributed by atoms with Crippen molar-refractivity contribution in [2.24, 2.45) is 0 Å². The number of amides is 1. The molecule has 7 heteroatoms. The summed E-state index contributed by atoms with van der Waals surface area (Å²) in [6.07, 6.45) is 0.952. The van der Waals surface area contributed by atoms with Gasteiger partial charge in [0.05, 0.1) is 0 Å². The van der Waals surface area contributed by atoms with E-state index < -0.39 is 0 Å². The number of rotatable bonds is 1. The van der Waals surface area contributed by atoms with Crippen molar-refractivity contribution in [3.8, 4) is 0 Å². The predicted octanol–water partition coefficient (Wildman–Crippen LogP) is -0.531. The van der Waals surface area contributed by atoms with Crippen LogP contribution in [0.4, 0.5) is 0 Å². The number of H-pyrrole nitrogens is 1. The molecule has 4 heterocycles. The van der Waals surface area contributed by atoms with E-state index in [4.69, 9.17) is 0 Å². The van der Waals surface area contributed by atoms with E-state index in [1.54, 1.807) is 0 Å². The van der Waals surface area contributed by atoms with Crippen molar-refractivity contribution in [3.63, 3.8) is 0 Å². The SMILES string of the molecule is CN1CCc2[nH]nc(C(=O)N3CCN4CCN(C)C[C@@H]4C3)c2C1. The maximum atomic E-state index is 13.0. The fourth-order valence-electron chi connectivity index (χ4n) is 4.05. The third-order valence-corrected chi connectivity index (χ3v) is 5.51. The van der Waals surface area contributed by atoms with Crippen LogP contribution >= 0.6 is 0 Å². The smallest absolute Gasteiger partial charge is 0.274 e. The molecule has 0 bridgehead atoms. The summed E-state index contributed by atoms with van der Waals surface area (Å²) in [6.45, 7) is 7.75. The molecule has 7 nitrogen and oxygen atoms in total. The summed E-state index contributed by atoms with van der Waals surface area (Å²) in [5, 5.41) is 7.45. The van der Waals surface area contributed by atoms with Crippen LogP contribution in [0.2, 0.25) is 0 Å². The van der Waals surface area contributed by atoms with Gasteiger partial charge in [-0.15, -0.1) is 0 Å². The highest BCUT2D eigenvalue weighted by Crippen LogP contribution is 2.22. The number of aromatic amines is 1. The molecule has 0 aromatic carbocycles. The number of hydrogen-bond donors (Lipinski definition) is 1. The second-order valence-corrected chi connectivity index (χ2v) is 7.22. The van der Waals surface area contributed by atoms with E-state index in [-0.39, 0.29) is 5.91 Å². The molecular weight excluding hydrogens is 292 g/mol. The molecule has 1 atom stereocenters. The molecule has 0 radical (unpaired) electrons. The summed E-state index contributed by atoms with van der Waals surface area (Å²) in [4.78, 5) is 22.1. The maximum absolute atomic E-state index is 13.0. The molecule has 0 unspecified atom stereocenters. The van der Waals surface area contributed by atoms with E-state index in [0.717, 1.165) is 70.0 Å². The van der Waals surface area contributed by atoms with Gasteiger partial charge in [0.1, 0.15) is 0 Å². The highest BCUT2D eigenvalue weighted by Gasteiger charge is 2.35. The Kier molecular flexibility index (Phi) is 3.87. The highest BCUT2D eigenvalue weighted by molar-refractivity contribution is 5.94. The first-order valence-corrected chi connectivity index (χ1v) is 8.58. The Balaban J connectivity index is 1.50. The third kappa shape index (κ3) is 2.77. The van der Waals surface area contributed by atoms with Crippen molar-refractivity contribution < 1.29 is 4.79 Å². The Hall–Kier alpha value is -1.44. The van der Waals surface area contributed by atoms with Crippen LogP contribution in [0.3, 0.4) is 0 Å². The van der Waals surface area contributed by atoms with Crippen LogP contribution < -0.4 is 0 Å². The number of fused-ring (bicyclic) bond motifs is 2. The highest BCUT2D eigenvalue weighted by atomic mass is 16.2. The molecule has 23 heavy (non-hydrogen) atoms. The molecule has 126 valence electrons. The standard InChI is InChI=1S/C16H26N6O/c1-19-4-3-14-13(11-19)15(18-17-14)16(23)22-8-7-21-6-5-20(2)9-12(21)10-22/h12H,3-11H2,1-2H3,(H,17,18)/t12-/m1/s1. The van der Waals surface area contributed by atoms with Crippen LogP contribution in [0.25, 0.3) is 0 Å². The number of nitrogens with zero attached hydrogens (tertiary/aromatic N) is 5. The van der Waals surface area contributed by atoms with Gasteiger partial charge < -0.3 is 14.7 Å². The predicted molar refractivity (Wildman–Crippen MR) is 87.4 cm³/mol. The van der Waals surface area contributed by atoms with Crippen molar-refractivity contribution in [3.05, 3.63) is 17.0 Å². The number of hydrogen-bond acceptors (Lipinski definition) is 5. The molecule has 0 saturated carbocycles. The van der Waals surface area contributed by atoms with E-state index in [2.05, 4.69) is 39.0 Å². The van der Waals surface area contributed by atoms with E-state index in [1.807, 2.05) is 4.90 Å². The van der Waals surface area contributed by atoms with E-state index in [9.17, 15) is 4.79 Å². The average Bonchev–Trinajstić information content (AvgIpc) is 2.96. The minimum atomic E-state index is 0.102. The molecule has 1 N–H and O–H groups in total. The Labute approximate surface area is 137 Å². The fraction of sp³-hybridized carbons (Fsp3) is 0.750. The zero-order valence-corrected chi connectivity index (χ0v) is 14.1. The molecule has 1 amide bonds. The lowest BCUT2D eigenvalue weighted by Gasteiger charge is -2.46. The number of carbonyl (C=O) groups is 1. The molecule has 1 aromatic heterocycles. The van der Waals surface area contributed by atoms with Crippen molar-refractivity contribution >= 4 is 5.91 Å². The van der Waals surface area contributed by atoms with Gasteiger partial charge in [-0.2, -0.15) is 5.10 Å². The molecule has 3 aliphatic heterocycles. The van der Waals surface area contributed by atoms with Gasteiger partial charge in [0, 0.05) is 76.1 Å². The second kappa shape index (κ2) is 5.89. The van der Waals surface area contributed by atoms with Crippen LogP contribution in [0.15, 0.2) is 0 Å². The molecule has 2 saturated heterocycles. The van der Waals surface area contributed by atoms with E-state index >= 15 is 0 Å². The quantitative estimate of drug-likeness (QED) is 0.754. The minimum absolute atomic E-state index is 0.102. The lowest BCUT2D eigenvalue weighted by atomic mass is 10.0. The van der Waals surface area contributed by atoms with Gasteiger partial charge in [-0.25, -0.2) is 0 Å². The number of nitrogens with one attached hydrogen (secondary N) is 1. The summed E-state index contributed by atoms with van der Waals surface area (Å²) < 4.78 is 0. The first kappa shape index (κ1) is 15.1. The van der Waals surface area contributed by atoms with Gasteiger partial charge in [0.25, 0.3) is 5.91 Å². The molecular formula is C16H26N6O. The molecule has 4 rings (SSSR count). The van der Waals surface area contributed by atoms with E-state index in [1.165, 1.54) is 0 Å². The normalized spacial score (nSPS) is 26.9. The summed E-state index contributed by atoms with van der Waals surface area (Å²) in [6, 6.07) is 0.462. The first-order valence-electron chi connectivity index (χ1n) is 8.58. The van der Waals surface area contributed by atoms with Crippen LogP contribution in [0, 0.1) is 0 Å². The van der Waals surface area contributed by atoms with Gasteiger partial charge in [-0.05, 0) is 14.1 Å². The van der Waals surface area contributed by atoms with Crippen LogP contribution in [-0.2, 0) is 13.0 Å². The summed E-state index contributed by atoms with van der Waals surface area (Å²) in [5.74, 6) is 0.102. The monoisotopic (exact) mass is 318 g/mol. The Morgan fingerprint density at radius 1 is 1.09 bits per heavy atom. The molecule has 1 aromatic rings. The second-order valence-electron chi connectivity index (χ2n) is 7.22. The Morgan fingerprint density at radius 3 is 2.78 bits per heavy atom. The topological polar surface area (TPSA) is 58.7 Å². The van der Waals surface area contributed by atoms with Crippen molar-refractivity contribution in [2.75, 3.05) is 59.9 Å². The van der Waals surface area contributed by atoms with Crippen molar-refractivity contribution in [2.45, 2.75) is 19.0 Å². The minimum Gasteiger partial charge on any atom is -0.334 e. The van der Waals surface area contributed by atoms with Crippen molar-refractivity contribution in [1.29, 1.82) is 0 Å². The van der Waals surface area contributed by atoms with Gasteiger partial charge in [-0.1, -0.05) is 0 Å². The van der Waals surface area contributed by atoms with Gasteiger partial charge >= 0.3 is 0 Å². The number of aromatic nitrogens is 2. The van der Waals surface area contributed by atoms with Gasteiger partial charge in [0.2, 0.25) is 0 Å². The molecule has 0 aliphatic carbocycles.